The number of nitrogens with one attached hydrogen (secondary N) is 2. The van der Waals surface area contributed by atoms with Gasteiger partial charge in [0, 0.05) is 6.54 Å². The normalized spacial score (nSPS) is 17.2. The largest absolute Gasteiger partial charge is 0.370 e. The van der Waals surface area contributed by atoms with Crippen LogP contribution in [-0.4, -0.2) is 33.9 Å². The first kappa shape index (κ1) is 14.3. The molecule has 0 bridgehead atoms. The summed E-state index contributed by atoms with van der Waals surface area (Å²) in [5.74, 6) is 0.534. The topological polar surface area (TPSA) is 74.3 Å². The zero-order chi connectivity index (χ0) is 14.8. The van der Waals surface area contributed by atoms with Crippen LogP contribution in [0.1, 0.15) is 32.9 Å². The van der Waals surface area contributed by atoms with Gasteiger partial charge in [-0.2, -0.15) is 0 Å². The molecule has 1 fully saturated rings. The Morgan fingerprint density at radius 3 is 2.70 bits per heavy atom. The van der Waals surface area contributed by atoms with Crippen molar-refractivity contribution in [2.24, 2.45) is 0 Å². The fourth-order valence-corrected chi connectivity index (χ4v) is 2.04. The molecule has 2 N–H and O–H groups in total. The van der Waals surface area contributed by atoms with Gasteiger partial charge in [0.2, 0.25) is 0 Å². The molecular weight excluding hydrogens is 256 g/mol. The second-order valence-corrected chi connectivity index (χ2v) is 5.39. The Morgan fingerprint density at radius 2 is 2.10 bits per heavy atom. The molecule has 6 nitrogen and oxygen atoms in total. The van der Waals surface area contributed by atoms with Crippen molar-refractivity contribution in [3.05, 3.63) is 23.9 Å². The van der Waals surface area contributed by atoms with E-state index in [1.54, 1.807) is 13.8 Å². The third kappa shape index (κ3) is 2.89. The molecule has 0 saturated carbocycles. The van der Waals surface area contributed by atoms with E-state index >= 15 is 0 Å². The second-order valence-electron chi connectivity index (χ2n) is 5.39. The van der Waals surface area contributed by atoms with Crippen LogP contribution < -0.4 is 10.6 Å². The van der Waals surface area contributed by atoms with E-state index in [4.69, 9.17) is 0 Å². The second kappa shape index (κ2) is 5.48. The van der Waals surface area contributed by atoms with Gasteiger partial charge in [0.15, 0.2) is 0 Å². The molecule has 0 radical (unpaired) electrons. The van der Waals surface area contributed by atoms with Gasteiger partial charge in [-0.3, -0.25) is 9.69 Å². The fraction of sp³-hybridized carbons (Fsp3) is 0.500. The Kier molecular flexibility index (Phi) is 3.92. The van der Waals surface area contributed by atoms with Gasteiger partial charge in [-0.15, -0.1) is 0 Å². The highest BCUT2D eigenvalue weighted by Gasteiger charge is 2.44. The van der Waals surface area contributed by atoms with Crippen molar-refractivity contribution >= 4 is 17.8 Å². The number of amides is 3. The fourth-order valence-electron chi connectivity index (χ4n) is 2.04. The maximum absolute atomic E-state index is 12.1. The van der Waals surface area contributed by atoms with E-state index in [1.165, 1.54) is 4.90 Å². The van der Waals surface area contributed by atoms with E-state index in [0.717, 1.165) is 18.8 Å². The third-order valence-corrected chi connectivity index (χ3v) is 3.13. The summed E-state index contributed by atoms with van der Waals surface area (Å²) >= 11 is 0. The van der Waals surface area contributed by atoms with Gasteiger partial charge < -0.3 is 10.6 Å². The lowest BCUT2D eigenvalue weighted by atomic mass is 10.1. The zero-order valence-electron chi connectivity index (χ0n) is 12.1. The minimum Gasteiger partial charge on any atom is -0.370 e. The number of hydrogen-bond donors (Lipinski definition) is 2. The van der Waals surface area contributed by atoms with Crippen LogP contribution in [0.3, 0.4) is 0 Å². The van der Waals surface area contributed by atoms with Gasteiger partial charge >= 0.3 is 6.03 Å². The van der Waals surface area contributed by atoms with Gasteiger partial charge in [0.05, 0.1) is 12.2 Å². The van der Waals surface area contributed by atoms with Crippen LogP contribution in [-0.2, 0) is 11.3 Å². The van der Waals surface area contributed by atoms with E-state index in [1.807, 2.05) is 18.2 Å². The number of urea groups is 1. The Balaban J connectivity index is 2.10. The molecule has 0 unspecified atom stereocenters. The first-order valence-electron chi connectivity index (χ1n) is 6.78. The first-order chi connectivity index (χ1) is 9.44. The molecule has 1 aliphatic rings. The molecule has 20 heavy (non-hydrogen) atoms. The van der Waals surface area contributed by atoms with E-state index in [-0.39, 0.29) is 18.5 Å². The quantitative estimate of drug-likeness (QED) is 0.803. The number of rotatable bonds is 5. The number of hydrogen-bond acceptors (Lipinski definition) is 4. The van der Waals surface area contributed by atoms with Crippen molar-refractivity contribution < 1.29 is 9.59 Å². The van der Waals surface area contributed by atoms with Gasteiger partial charge in [-0.25, -0.2) is 9.78 Å². The number of pyridine rings is 1. The monoisotopic (exact) mass is 276 g/mol. The SMILES string of the molecule is CCCNc1cccc(CN2C(=O)NC(C)(C)C2=O)n1. The molecule has 1 saturated heterocycles. The van der Waals surface area contributed by atoms with Crippen molar-refractivity contribution in [3.63, 3.8) is 0 Å². The van der Waals surface area contributed by atoms with Crippen LogP contribution in [0.25, 0.3) is 0 Å². The molecule has 1 aromatic heterocycles. The summed E-state index contributed by atoms with van der Waals surface area (Å²) in [6, 6.07) is 5.18. The molecule has 0 aromatic carbocycles. The molecule has 0 aliphatic carbocycles. The predicted molar refractivity (Wildman–Crippen MR) is 76.2 cm³/mol. The molecule has 2 heterocycles. The van der Waals surface area contributed by atoms with Crippen LogP contribution in [0, 0.1) is 0 Å². The molecule has 108 valence electrons. The first-order valence-corrected chi connectivity index (χ1v) is 6.78. The minimum atomic E-state index is -0.838. The predicted octanol–water partition coefficient (Wildman–Crippen LogP) is 1.73. The van der Waals surface area contributed by atoms with Crippen LogP contribution in [0.4, 0.5) is 10.6 Å². The molecule has 0 atom stereocenters. The van der Waals surface area contributed by atoms with E-state index in [9.17, 15) is 9.59 Å². The Bertz CT molecular complexity index is 528. The molecule has 0 spiro atoms. The van der Waals surface area contributed by atoms with Crippen LogP contribution in [0.15, 0.2) is 18.2 Å². The number of carbonyl (C=O) groups is 2. The summed E-state index contributed by atoms with van der Waals surface area (Å²) in [6.07, 6.45) is 1.01. The number of nitrogens with zero attached hydrogens (tertiary/aromatic N) is 2. The zero-order valence-corrected chi connectivity index (χ0v) is 12.1. The van der Waals surface area contributed by atoms with Gasteiger partial charge in [-0.05, 0) is 32.4 Å². The lowest BCUT2D eigenvalue weighted by molar-refractivity contribution is -0.130. The number of aromatic nitrogens is 1. The standard InChI is InChI=1S/C14H20N4O2/c1-4-8-15-11-7-5-6-10(16-11)9-18-12(19)14(2,3)17-13(18)20/h5-7H,4,8-9H2,1-3H3,(H,15,16)(H,17,20). The summed E-state index contributed by atoms with van der Waals surface area (Å²) in [5, 5.41) is 5.84. The molecule has 1 aliphatic heterocycles. The summed E-state index contributed by atoms with van der Waals surface area (Å²) < 4.78 is 0. The lowest BCUT2D eigenvalue weighted by Crippen LogP contribution is -2.40. The highest BCUT2D eigenvalue weighted by atomic mass is 16.2. The van der Waals surface area contributed by atoms with E-state index in [0.29, 0.717) is 5.69 Å². The highest BCUT2D eigenvalue weighted by Crippen LogP contribution is 2.19. The highest BCUT2D eigenvalue weighted by molar-refractivity contribution is 6.06. The van der Waals surface area contributed by atoms with Crippen molar-refractivity contribution in [2.75, 3.05) is 11.9 Å². The molecule has 2 rings (SSSR count). The van der Waals surface area contributed by atoms with Crippen molar-refractivity contribution in [3.8, 4) is 0 Å². The molecular formula is C14H20N4O2. The maximum Gasteiger partial charge on any atom is 0.325 e. The molecule has 3 amide bonds. The Labute approximate surface area is 118 Å². The summed E-state index contributed by atoms with van der Waals surface area (Å²) in [4.78, 5) is 29.5. The van der Waals surface area contributed by atoms with E-state index in [2.05, 4.69) is 22.5 Å². The minimum absolute atomic E-state index is 0.190. The van der Waals surface area contributed by atoms with Crippen LogP contribution in [0.2, 0.25) is 0 Å². The average molecular weight is 276 g/mol. The van der Waals surface area contributed by atoms with Gasteiger partial charge in [0.1, 0.15) is 11.4 Å². The van der Waals surface area contributed by atoms with E-state index < -0.39 is 5.54 Å². The van der Waals surface area contributed by atoms with Crippen LogP contribution in [0.5, 0.6) is 0 Å². The van der Waals surface area contributed by atoms with Gasteiger partial charge in [0.25, 0.3) is 5.91 Å². The van der Waals surface area contributed by atoms with Crippen molar-refractivity contribution in [2.45, 2.75) is 39.3 Å². The maximum atomic E-state index is 12.1. The number of carbonyl (C=O) groups excluding carboxylic acids is 2. The average Bonchev–Trinajstić information content (AvgIpc) is 2.59. The van der Waals surface area contributed by atoms with Crippen LogP contribution >= 0.6 is 0 Å². The summed E-state index contributed by atoms with van der Waals surface area (Å²) in [7, 11) is 0. The Morgan fingerprint density at radius 1 is 1.35 bits per heavy atom. The summed E-state index contributed by atoms with van der Waals surface area (Å²) in [6.45, 7) is 6.49. The van der Waals surface area contributed by atoms with Crippen molar-refractivity contribution in [1.29, 1.82) is 0 Å². The molecule has 1 aromatic rings. The third-order valence-electron chi connectivity index (χ3n) is 3.13. The lowest BCUT2D eigenvalue weighted by Gasteiger charge is -2.16. The van der Waals surface area contributed by atoms with Gasteiger partial charge in [-0.1, -0.05) is 13.0 Å². The summed E-state index contributed by atoms with van der Waals surface area (Å²) in [5.41, 5.74) is -0.151. The smallest absolute Gasteiger partial charge is 0.325 e. The number of anilines is 1. The Hall–Kier alpha value is -2.11. The molecule has 6 heteroatoms. The van der Waals surface area contributed by atoms with Crippen molar-refractivity contribution in [1.82, 2.24) is 15.2 Å². The number of imide groups is 1.